The van der Waals surface area contributed by atoms with Crippen molar-refractivity contribution in [3.8, 4) is 5.75 Å². The van der Waals surface area contributed by atoms with Crippen LogP contribution in [0, 0.1) is 10.1 Å². The molecule has 0 saturated carbocycles. The van der Waals surface area contributed by atoms with Gasteiger partial charge in [0.1, 0.15) is 24.0 Å². The highest BCUT2D eigenvalue weighted by Crippen LogP contribution is 2.34. The minimum Gasteiger partial charge on any atom is -0.495 e. The number of sulfonamides is 1. The molecule has 0 fully saturated rings. The Balaban J connectivity index is 2.60. The van der Waals surface area contributed by atoms with Crippen LogP contribution in [-0.2, 0) is 26.2 Å². The van der Waals surface area contributed by atoms with Gasteiger partial charge in [0.05, 0.1) is 28.3 Å². The Morgan fingerprint density at radius 1 is 1.13 bits per heavy atom. The zero-order valence-corrected chi connectivity index (χ0v) is 24.9. The molecule has 0 aliphatic heterocycles. The highest BCUT2D eigenvalue weighted by atomic mass is 35.5. The Morgan fingerprint density at radius 3 is 2.26 bits per heavy atom. The van der Waals surface area contributed by atoms with Crippen LogP contribution in [0.4, 0.5) is 11.4 Å². The maximum Gasteiger partial charge on any atom is 0.271 e. The Kier molecular flexibility index (Phi) is 10.6. The van der Waals surface area contributed by atoms with E-state index in [2.05, 4.69) is 5.32 Å². The van der Waals surface area contributed by atoms with Gasteiger partial charge in [0.2, 0.25) is 21.8 Å². The van der Waals surface area contributed by atoms with E-state index in [1.54, 1.807) is 45.9 Å². The van der Waals surface area contributed by atoms with Gasteiger partial charge in [0.15, 0.2) is 0 Å². The van der Waals surface area contributed by atoms with Crippen molar-refractivity contribution in [2.45, 2.75) is 52.2 Å². The quantitative estimate of drug-likeness (QED) is 0.297. The zero-order valence-electron chi connectivity index (χ0n) is 22.5. The summed E-state index contributed by atoms with van der Waals surface area (Å²) in [5.74, 6) is -1.15. The highest BCUT2D eigenvalue weighted by molar-refractivity contribution is 7.92. The van der Waals surface area contributed by atoms with Crippen LogP contribution in [0.1, 0.15) is 39.7 Å². The summed E-state index contributed by atoms with van der Waals surface area (Å²) < 4.78 is 31.7. The second-order valence-corrected chi connectivity index (χ2v) is 12.5. The molecule has 214 valence electrons. The molecule has 1 N–H and O–H groups in total. The van der Waals surface area contributed by atoms with Gasteiger partial charge in [0, 0.05) is 24.2 Å². The lowest BCUT2D eigenvalue weighted by Gasteiger charge is -2.34. The molecule has 0 aliphatic rings. The fourth-order valence-electron chi connectivity index (χ4n) is 3.79. The SMILES string of the molecule is CC[C@@H](C(=O)NC(C)(C)C)N(Cc1ccc(Cl)c(Cl)c1)C(=O)CN(c1cc([N+](=O)[O-])ccc1OC)S(C)(=O)=O. The zero-order chi connectivity index (χ0) is 29.7. The van der Waals surface area contributed by atoms with E-state index < -0.39 is 50.6 Å². The number of halogens is 2. The molecule has 0 spiro atoms. The first-order chi connectivity index (χ1) is 18.0. The number of anilines is 1. The first kappa shape index (κ1) is 32.1. The Bertz CT molecular complexity index is 1350. The average Bonchev–Trinajstić information content (AvgIpc) is 2.82. The van der Waals surface area contributed by atoms with E-state index in [0.29, 0.717) is 10.6 Å². The second kappa shape index (κ2) is 12.8. The molecule has 0 unspecified atom stereocenters. The van der Waals surface area contributed by atoms with E-state index >= 15 is 0 Å². The van der Waals surface area contributed by atoms with E-state index in [-0.39, 0.29) is 29.4 Å². The van der Waals surface area contributed by atoms with Crippen molar-refractivity contribution in [1.82, 2.24) is 10.2 Å². The number of carbonyl (C=O) groups is 2. The van der Waals surface area contributed by atoms with Gasteiger partial charge in [-0.3, -0.25) is 24.0 Å². The Labute approximate surface area is 238 Å². The summed E-state index contributed by atoms with van der Waals surface area (Å²) in [5, 5.41) is 14.8. The van der Waals surface area contributed by atoms with Crippen molar-refractivity contribution >= 4 is 56.4 Å². The van der Waals surface area contributed by atoms with Crippen molar-refractivity contribution in [2.75, 3.05) is 24.2 Å². The van der Waals surface area contributed by atoms with Gasteiger partial charge in [-0.2, -0.15) is 0 Å². The molecule has 11 nitrogen and oxygen atoms in total. The molecular formula is C25H32Cl2N4O7S. The third kappa shape index (κ3) is 8.70. The fourth-order valence-corrected chi connectivity index (χ4v) is 4.95. The number of nitro benzene ring substituents is 1. The largest absolute Gasteiger partial charge is 0.495 e. The number of methoxy groups -OCH3 is 1. The van der Waals surface area contributed by atoms with Crippen molar-refractivity contribution in [3.05, 3.63) is 62.1 Å². The number of nitrogens with one attached hydrogen (secondary N) is 1. The minimum atomic E-state index is -4.14. The highest BCUT2D eigenvalue weighted by Gasteiger charge is 2.34. The fraction of sp³-hybridized carbons (Fsp3) is 0.440. The number of hydrogen-bond acceptors (Lipinski definition) is 7. The molecule has 0 saturated heterocycles. The summed E-state index contributed by atoms with van der Waals surface area (Å²) in [5.41, 5.74) is -0.629. The lowest BCUT2D eigenvalue weighted by atomic mass is 10.1. The predicted molar refractivity (Wildman–Crippen MR) is 151 cm³/mol. The number of nitrogens with zero attached hydrogens (tertiary/aromatic N) is 3. The third-order valence-corrected chi connectivity index (χ3v) is 7.41. The summed E-state index contributed by atoms with van der Waals surface area (Å²) >= 11 is 12.2. The van der Waals surface area contributed by atoms with Gasteiger partial charge in [-0.05, 0) is 51.0 Å². The molecule has 0 aliphatic carbocycles. The first-order valence-electron chi connectivity index (χ1n) is 11.8. The molecule has 14 heteroatoms. The normalized spacial score (nSPS) is 12.4. The topological polar surface area (TPSA) is 139 Å². The van der Waals surface area contributed by atoms with Gasteiger partial charge in [-0.15, -0.1) is 0 Å². The lowest BCUT2D eigenvalue weighted by molar-refractivity contribution is -0.384. The molecule has 39 heavy (non-hydrogen) atoms. The Morgan fingerprint density at radius 2 is 1.77 bits per heavy atom. The third-order valence-electron chi connectivity index (χ3n) is 5.54. The number of ether oxygens (including phenoxy) is 1. The van der Waals surface area contributed by atoms with Gasteiger partial charge in [-0.1, -0.05) is 36.2 Å². The van der Waals surface area contributed by atoms with Crippen LogP contribution in [0.25, 0.3) is 0 Å². The van der Waals surface area contributed by atoms with E-state index in [0.717, 1.165) is 22.7 Å². The standard InChI is InChI=1S/C25H32Cl2N4O7S/c1-7-20(24(33)28-25(2,3)4)29(14-16-8-10-18(26)19(27)12-16)23(32)15-30(39(6,36)37)21-13-17(31(34)35)9-11-22(21)38-5/h8-13,20H,7,14-15H2,1-6H3,(H,28,33)/t20-/m0/s1. The number of amides is 2. The van der Waals surface area contributed by atoms with E-state index in [4.69, 9.17) is 27.9 Å². The van der Waals surface area contributed by atoms with E-state index in [9.17, 15) is 28.1 Å². The monoisotopic (exact) mass is 602 g/mol. The Hall–Kier alpha value is -3.09. The van der Waals surface area contributed by atoms with Crippen LogP contribution in [0.3, 0.4) is 0 Å². The summed E-state index contributed by atoms with van der Waals surface area (Å²) in [6, 6.07) is 7.19. The predicted octanol–water partition coefficient (Wildman–Crippen LogP) is 4.40. The van der Waals surface area contributed by atoms with Crippen LogP contribution in [-0.4, -0.2) is 61.5 Å². The van der Waals surface area contributed by atoms with Crippen molar-refractivity contribution < 1.29 is 27.7 Å². The van der Waals surface area contributed by atoms with Crippen molar-refractivity contribution in [2.24, 2.45) is 0 Å². The summed E-state index contributed by atoms with van der Waals surface area (Å²) in [4.78, 5) is 39.0. The molecule has 2 aromatic rings. The van der Waals surface area contributed by atoms with Crippen molar-refractivity contribution in [1.29, 1.82) is 0 Å². The number of nitro groups is 1. The molecule has 2 rings (SSSR count). The summed E-state index contributed by atoms with van der Waals surface area (Å²) in [7, 11) is -2.87. The molecule has 0 heterocycles. The maximum absolute atomic E-state index is 13.8. The second-order valence-electron chi connectivity index (χ2n) is 9.82. The smallest absolute Gasteiger partial charge is 0.271 e. The molecular weight excluding hydrogens is 571 g/mol. The van der Waals surface area contributed by atoms with E-state index in [1.807, 2.05) is 0 Å². The van der Waals surface area contributed by atoms with Gasteiger partial charge in [-0.25, -0.2) is 8.42 Å². The van der Waals surface area contributed by atoms with Gasteiger partial charge in [0.25, 0.3) is 5.69 Å². The van der Waals surface area contributed by atoms with E-state index in [1.165, 1.54) is 18.1 Å². The van der Waals surface area contributed by atoms with Crippen LogP contribution >= 0.6 is 23.2 Å². The first-order valence-corrected chi connectivity index (χ1v) is 14.4. The molecule has 0 bridgehead atoms. The molecule has 2 aromatic carbocycles. The van der Waals surface area contributed by atoms with Crippen LogP contribution in [0.15, 0.2) is 36.4 Å². The van der Waals surface area contributed by atoms with Crippen LogP contribution in [0.5, 0.6) is 5.75 Å². The number of carbonyl (C=O) groups excluding carboxylic acids is 2. The molecule has 0 radical (unpaired) electrons. The van der Waals surface area contributed by atoms with Gasteiger partial charge >= 0.3 is 0 Å². The number of benzene rings is 2. The van der Waals surface area contributed by atoms with Crippen molar-refractivity contribution in [3.63, 3.8) is 0 Å². The summed E-state index contributed by atoms with van der Waals surface area (Å²) in [6.07, 6.45) is 1.08. The molecule has 2 amide bonds. The van der Waals surface area contributed by atoms with Crippen LogP contribution in [0.2, 0.25) is 10.0 Å². The number of rotatable bonds is 11. The minimum absolute atomic E-state index is 0.00683. The van der Waals surface area contributed by atoms with Gasteiger partial charge < -0.3 is 15.0 Å². The molecule has 1 atom stereocenters. The average molecular weight is 604 g/mol. The maximum atomic E-state index is 13.8. The lowest BCUT2D eigenvalue weighted by Crippen LogP contribution is -2.55. The molecule has 0 aromatic heterocycles. The van der Waals surface area contributed by atoms with Crippen LogP contribution < -0.4 is 14.4 Å². The summed E-state index contributed by atoms with van der Waals surface area (Å²) in [6.45, 7) is 6.26. The number of non-ortho nitro benzene ring substituents is 1. The number of hydrogen-bond donors (Lipinski definition) is 1.